The maximum atomic E-state index is 12.7. The number of carbonyl (C=O) groups is 3. The number of nitrogens with one attached hydrogen (secondary N) is 2. The van der Waals surface area contributed by atoms with Crippen LogP contribution in [0.3, 0.4) is 0 Å². The van der Waals surface area contributed by atoms with Crippen LogP contribution < -0.4 is 10.6 Å². The van der Waals surface area contributed by atoms with Crippen LogP contribution in [-0.2, 0) is 19.1 Å². The Labute approximate surface area is 205 Å². The lowest BCUT2D eigenvalue weighted by Gasteiger charge is -2.23. The van der Waals surface area contributed by atoms with Crippen molar-refractivity contribution in [2.45, 2.75) is 44.8 Å². The van der Waals surface area contributed by atoms with Crippen molar-refractivity contribution < 1.29 is 29.0 Å². The van der Waals surface area contributed by atoms with Gasteiger partial charge in [0.25, 0.3) is 5.91 Å². The highest BCUT2D eigenvalue weighted by molar-refractivity contribution is 5.83. The molecule has 2 aromatic rings. The van der Waals surface area contributed by atoms with Crippen LogP contribution in [0.1, 0.15) is 43.7 Å². The van der Waals surface area contributed by atoms with E-state index in [1.54, 1.807) is 0 Å². The Bertz CT molecular complexity index is 1040. The van der Waals surface area contributed by atoms with E-state index in [2.05, 4.69) is 34.9 Å². The van der Waals surface area contributed by atoms with Gasteiger partial charge in [-0.3, -0.25) is 9.59 Å². The number of carboxylic acid groups (broad SMARTS) is 1. The predicted octanol–water partition coefficient (Wildman–Crippen LogP) is 3.55. The van der Waals surface area contributed by atoms with Crippen LogP contribution in [0.5, 0.6) is 0 Å². The predicted molar refractivity (Wildman–Crippen MR) is 130 cm³/mol. The number of alkyl carbamates (subject to hydrolysis) is 1. The Morgan fingerprint density at radius 3 is 2.29 bits per heavy atom. The topological polar surface area (TPSA) is 114 Å². The molecule has 1 heterocycles. The number of ether oxygens (including phenoxy) is 2. The second-order valence-corrected chi connectivity index (χ2v) is 9.50. The molecular formula is C27H32N2O6. The number of carboxylic acids is 1. The van der Waals surface area contributed by atoms with Gasteiger partial charge < -0.3 is 25.2 Å². The van der Waals surface area contributed by atoms with Crippen LogP contribution in [-0.4, -0.2) is 55.0 Å². The van der Waals surface area contributed by atoms with Crippen molar-refractivity contribution in [2.75, 3.05) is 19.8 Å². The zero-order valence-corrected chi connectivity index (χ0v) is 20.0. The summed E-state index contributed by atoms with van der Waals surface area (Å²) in [6.45, 7) is 4.62. The molecule has 8 nitrogen and oxygen atoms in total. The summed E-state index contributed by atoms with van der Waals surface area (Å²) in [6, 6.07) is 15.7. The van der Waals surface area contributed by atoms with Crippen molar-refractivity contribution in [1.82, 2.24) is 10.6 Å². The summed E-state index contributed by atoms with van der Waals surface area (Å²) in [5.74, 6) is -1.39. The standard InChI is InChI=1S/C27H32N2O6/c1-16(2)17(13-24(30)31)14-28-26(32)25-23(11-12-34-25)29-27(33)35-15-22-20-9-5-3-7-18(20)19-8-4-6-10-21(19)22/h3-10,16-17,22-23,25H,11-15H2,1-2H3,(H,28,32)(H,29,33)(H,30,31)/t17?,23-,25+/m0/s1. The summed E-state index contributed by atoms with van der Waals surface area (Å²) in [5.41, 5.74) is 4.56. The number of benzene rings is 2. The molecule has 35 heavy (non-hydrogen) atoms. The summed E-state index contributed by atoms with van der Waals surface area (Å²) >= 11 is 0. The van der Waals surface area contributed by atoms with E-state index in [0.717, 1.165) is 22.3 Å². The number of amides is 2. The van der Waals surface area contributed by atoms with Gasteiger partial charge >= 0.3 is 12.1 Å². The molecule has 8 heteroatoms. The van der Waals surface area contributed by atoms with E-state index in [4.69, 9.17) is 14.6 Å². The van der Waals surface area contributed by atoms with Gasteiger partial charge in [-0.1, -0.05) is 62.4 Å². The smallest absolute Gasteiger partial charge is 0.407 e. The van der Waals surface area contributed by atoms with Crippen molar-refractivity contribution >= 4 is 18.0 Å². The number of carbonyl (C=O) groups excluding carboxylic acids is 2. The summed E-state index contributed by atoms with van der Waals surface area (Å²) in [5, 5.41) is 14.7. The minimum Gasteiger partial charge on any atom is -0.481 e. The number of hydrogen-bond donors (Lipinski definition) is 3. The molecular weight excluding hydrogens is 448 g/mol. The number of aliphatic carboxylic acids is 1. The van der Waals surface area contributed by atoms with Crippen molar-refractivity contribution in [3.05, 3.63) is 59.7 Å². The summed E-state index contributed by atoms with van der Waals surface area (Å²) in [6.07, 6.45) is -0.963. The van der Waals surface area contributed by atoms with Gasteiger partial charge in [0.1, 0.15) is 6.61 Å². The SMILES string of the molecule is CC(C)C(CNC(=O)[C@@H]1OCC[C@@H]1NC(=O)OCC1c2ccccc2-c2ccccc21)CC(=O)O. The molecule has 3 atom stereocenters. The third-order valence-electron chi connectivity index (χ3n) is 6.92. The molecule has 2 aromatic carbocycles. The largest absolute Gasteiger partial charge is 0.481 e. The highest BCUT2D eigenvalue weighted by Gasteiger charge is 2.36. The zero-order valence-electron chi connectivity index (χ0n) is 20.0. The van der Waals surface area contributed by atoms with E-state index in [1.165, 1.54) is 0 Å². The Kier molecular flexibility index (Phi) is 7.70. The van der Waals surface area contributed by atoms with Crippen molar-refractivity contribution in [3.63, 3.8) is 0 Å². The van der Waals surface area contributed by atoms with Gasteiger partial charge in [-0.25, -0.2) is 4.79 Å². The minimum atomic E-state index is -0.898. The lowest BCUT2D eigenvalue weighted by molar-refractivity contribution is -0.139. The van der Waals surface area contributed by atoms with Crippen LogP contribution in [0.15, 0.2) is 48.5 Å². The fraction of sp³-hybridized carbons (Fsp3) is 0.444. The second kappa shape index (κ2) is 10.9. The first-order valence-corrected chi connectivity index (χ1v) is 12.1. The van der Waals surface area contributed by atoms with Crippen LogP contribution in [0.4, 0.5) is 4.79 Å². The Morgan fingerprint density at radius 2 is 1.69 bits per heavy atom. The molecule has 1 aliphatic heterocycles. The average Bonchev–Trinajstić information content (AvgIpc) is 3.42. The molecule has 0 radical (unpaired) electrons. The lowest BCUT2D eigenvalue weighted by atomic mass is 9.92. The van der Waals surface area contributed by atoms with Crippen molar-refractivity contribution in [3.8, 4) is 11.1 Å². The minimum absolute atomic E-state index is 0.0229. The third-order valence-corrected chi connectivity index (χ3v) is 6.92. The molecule has 0 bridgehead atoms. The number of hydrogen-bond acceptors (Lipinski definition) is 5. The quantitative estimate of drug-likeness (QED) is 0.506. The summed E-state index contributed by atoms with van der Waals surface area (Å²) in [4.78, 5) is 36.4. The van der Waals surface area contributed by atoms with Crippen LogP contribution in [0, 0.1) is 11.8 Å². The molecule has 1 aliphatic carbocycles. The zero-order chi connectivity index (χ0) is 24.9. The van der Waals surface area contributed by atoms with Gasteiger partial charge in [-0.2, -0.15) is 0 Å². The molecule has 4 rings (SSSR count). The molecule has 0 aromatic heterocycles. The van der Waals surface area contributed by atoms with E-state index >= 15 is 0 Å². The highest BCUT2D eigenvalue weighted by Crippen LogP contribution is 2.44. The highest BCUT2D eigenvalue weighted by atomic mass is 16.6. The Hall–Kier alpha value is -3.39. The molecule has 0 spiro atoms. The van der Waals surface area contributed by atoms with Crippen molar-refractivity contribution in [1.29, 1.82) is 0 Å². The van der Waals surface area contributed by atoms with E-state index < -0.39 is 24.2 Å². The lowest BCUT2D eigenvalue weighted by Crippen LogP contribution is -2.49. The fourth-order valence-corrected chi connectivity index (χ4v) is 4.89. The fourth-order valence-electron chi connectivity index (χ4n) is 4.89. The maximum Gasteiger partial charge on any atom is 0.407 e. The van der Waals surface area contributed by atoms with Gasteiger partial charge in [0, 0.05) is 19.1 Å². The normalized spacial score (nSPS) is 19.6. The van der Waals surface area contributed by atoms with E-state index in [9.17, 15) is 14.4 Å². The third kappa shape index (κ3) is 5.65. The second-order valence-electron chi connectivity index (χ2n) is 9.50. The Balaban J connectivity index is 1.32. The molecule has 0 saturated carbocycles. The molecule has 1 unspecified atom stereocenters. The van der Waals surface area contributed by atoms with Gasteiger partial charge in [0.2, 0.25) is 0 Å². The van der Waals surface area contributed by atoms with Crippen LogP contribution in [0.25, 0.3) is 11.1 Å². The molecule has 3 N–H and O–H groups in total. The van der Waals surface area contributed by atoms with Crippen molar-refractivity contribution in [2.24, 2.45) is 11.8 Å². The Morgan fingerprint density at radius 1 is 1.06 bits per heavy atom. The van der Waals surface area contributed by atoms with E-state index in [1.807, 2.05) is 38.1 Å². The summed E-state index contributed by atoms with van der Waals surface area (Å²) in [7, 11) is 0. The molecule has 1 saturated heterocycles. The van der Waals surface area contributed by atoms with Gasteiger partial charge in [0.15, 0.2) is 6.10 Å². The number of rotatable bonds is 9. The van der Waals surface area contributed by atoms with Gasteiger partial charge in [0.05, 0.1) is 12.5 Å². The first-order chi connectivity index (χ1) is 16.8. The summed E-state index contributed by atoms with van der Waals surface area (Å²) < 4.78 is 11.2. The number of fused-ring (bicyclic) bond motifs is 3. The maximum absolute atomic E-state index is 12.7. The van der Waals surface area contributed by atoms with Gasteiger partial charge in [-0.05, 0) is 40.5 Å². The molecule has 186 valence electrons. The first kappa shape index (κ1) is 24.7. The molecule has 2 amide bonds. The molecule has 1 fully saturated rings. The van der Waals surface area contributed by atoms with Gasteiger partial charge in [-0.15, -0.1) is 0 Å². The average molecular weight is 481 g/mol. The first-order valence-electron chi connectivity index (χ1n) is 12.1. The van der Waals surface area contributed by atoms with Crippen LogP contribution in [0.2, 0.25) is 0 Å². The molecule has 2 aliphatic rings. The monoisotopic (exact) mass is 480 g/mol. The van der Waals surface area contributed by atoms with E-state index in [0.29, 0.717) is 13.0 Å². The van der Waals surface area contributed by atoms with Crippen LogP contribution >= 0.6 is 0 Å². The van der Waals surface area contributed by atoms with E-state index in [-0.39, 0.29) is 43.2 Å².